The van der Waals surface area contributed by atoms with Crippen molar-refractivity contribution in [2.45, 2.75) is 38.5 Å². The maximum Gasteiger partial charge on any atom is 0.0465 e. The lowest BCUT2D eigenvalue weighted by Gasteiger charge is -2.28. The Kier molecular flexibility index (Phi) is 8.58. The molecule has 0 bridgehead atoms. The molecule has 0 fully saturated rings. The van der Waals surface area contributed by atoms with Crippen LogP contribution >= 0.6 is 0 Å². The lowest BCUT2D eigenvalue weighted by Crippen LogP contribution is -2.16. The molecule has 1 heteroatoms. The van der Waals surface area contributed by atoms with Gasteiger partial charge in [-0.15, -0.1) is 0 Å². The molecule has 0 N–H and O–H groups in total. The summed E-state index contributed by atoms with van der Waals surface area (Å²) in [4.78, 5) is 2.40. The van der Waals surface area contributed by atoms with E-state index >= 15 is 0 Å². The Balaban J connectivity index is 0.916. The van der Waals surface area contributed by atoms with Crippen LogP contribution in [0, 0.1) is 0 Å². The first-order chi connectivity index (χ1) is 29.7. The van der Waals surface area contributed by atoms with Gasteiger partial charge in [0.05, 0.1) is 0 Å². The molecule has 2 aliphatic carbocycles. The zero-order valence-corrected chi connectivity index (χ0v) is 35.2. The molecule has 61 heavy (non-hydrogen) atoms. The summed E-state index contributed by atoms with van der Waals surface area (Å²) in [5.74, 6) is 0. The molecule has 9 aromatic carbocycles. The second kappa shape index (κ2) is 14.2. The third-order valence-corrected chi connectivity index (χ3v) is 13.5. The van der Waals surface area contributed by atoms with Gasteiger partial charge in [-0.25, -0.2) is 0 Å². The van der Waals surface area contributed by atoms with Crippen LogP contribution in [0.2, 0.25) is 0 Å². The standard InChI is InChI=1S/C60H47N/c1-59(2)55-16-10-8-14-51(55)53-36-30-47(38-57(53)59)46-24-22-43(23-25-46)45-28-33-49(34-29-45)61(50-35-37-54-52-15-9-11-17-56(52)60(3,4)58(54)39-50)48-31-26-44(27-32-48)42-20-18-41(19-21-42)40-12-6-5-7-13-40/h5-39H,1-4H3. The van der Waals surface area contributed by atoms with Crippen LogP contribution in [0.5, 0.6) is 0 Å². The molecule has 0 saturated carbocycles. The molecular weight excluding hydrogens is 735 g/mol. The van der Waals surface area contributed by atoms with E-state index in [-0.39, 0.29) is 10.8 Å². The summed E-state index contributed by atoms with van der Waals surface area (Å²) in [5.41, 5.74) is 24.0. The Morgan fingerprint density at radius 1 is 0.246 bits per heavy atom. The highest BCUT2D eigenvalue weighted by atomic mass is 15.1. The van der Waals surface area contributed by atoms with E-state index in [9.17, 15) is 0 Å². The van der Waals surface area contributed by atoms with Crippen molar-refractivity contribution in [2.24, 2.45) is 0 Å². The van der Waals surface area contributed by atoms with Gasteiger partial charge in [0.2, 0.25) is 0 Å². The SMILES string of the molecule is CC1(C)c2ccccc2-c2ccc(-c3ccc(-c4ccc(N(c5ccc(-c6ccc(-c7ccccc7)cc6)cc5)c5ccc6c(c5)C(C)(C)c5ccccc5-6)cc4)cc3)cc21. The van der Waals surface area contributed by atoms with Crippen molar-refractivity contribution in [1.29, 1.82) is 0 Å². The average Bonchev–Trinajstić information content (AvgIpc) is 3.69. The molecule has 1 nitrogen and oxygen atoms in total. The molecular formula is C60H47N. The van der Waals surface area contributed by atoms with E-state index in [0.29, 0.717) is 0 Å². The average molecular weight is 782 g/mol. The van der Waals surface area contributed by atoms with E-state index in [1.807, 2.05) is 0 Å². The van der Waals surface area contributed by atoms with Crippen LogP contribution in [0.4, 0.5) is 17.1 Å². The number of rotatable bonds is 7. The van der Waals surface area contributed by atoms with Crippen molar-refractivity contribution < 1.29 is 0 Å². The number of hydrogen-bond donors (Lipinski definition) is 0. The fraction of sp³-hybridized carbons (Fsp3) is 0.100. The summed E-state index contributed by atoms with van der Waals surface area (Å²) in [6.07, 6.45) is 0. The van der Waals surface area contributed by atoms with E-state index in [2.05, 4.69) is 245 Å². The summed E-state index contributed by atoms with van der Waals surface area (Å²) in [7, 11) is 0. The normalized spacial score (nSPS) is 13.8. The lowest BCUT2D eigenvalue weighted by atomic mass is 9.81. The van der Waals surface area contributed by atoms with Crippen molar-refractivity contribution in [2.75, 3.05) is 4.90 Å². The fourth-order valence-corrected chi connectivity index (χ4v) is 10.1. The van der Waals surface area contributed by atoms with E-state index < -0.39 is 0 Å². The molecule has 11 rings (SSSR count). The Morgan fingerprint density at radius 2 is 0.557 bits per heavy atom. The van der Waals surface area contributed by atoms with Gasteiger partial charge in [-0.1, -0.05) is 198 Å². The van der Waals surface area contributed by atoms with Gasteiger partial charge in [-0.2, -0.15) is 0 Å². The fourth-order valence-electron chi connectivity index (χ4n) is 10.1. The van der Waals surface area contributed by atoms with Gasteiger partial charge in [-0.3, -0.25) is 0 Å². The summed E-state index contributed by atoms with van der Waals surface area (Å²) in [5, 5.41) is 0. The van der Waals surface area contributed by atoms with Gasteiger partial charge in [0.15, 0.2) is 0 Å². The van der Waals surface area contributed by atoms with Crippen molar-refractivity contribution >= 4 is 17.1 Å². The van der Waals surface area contributed by atoms with Gasteiger partial charge >= 0.3 is 0 Å². The highest BCUT2D eigenvalue weighted by Crippen LogP contribution is 2.52. The largest absolute Gasteiger partial charge is 0.310 e. The Hall–Kier alpha value is -7.22. The van der Waals surface area contributed by atoms with Crippen LogP contribution in [0.25, 0.3) is 66.8 Å². The number of anilines is 3. The van der Waals surface area contributed by atoms with Crippen molar-refractivity contribution in [3.05, 3.63) is 235 Å². The topological polar surface area (TPSA) is 3.24 Å². The van der Waals surface area contributed by atoms with Gasteiger partial charge in [0.1, 0.15) is 0 Å². The van der Waals surface area contributed by atoms with E-state index in [1.54, 1.807) is 0 Å². The van der Waals surface area contributed by atoms with Crippen LogP contribution in [0.1, 0.15) is 49.9 Å². The number of benzene rings is 9. The third-order valence-electron chi connectivity index (χ3n) is 13.5. The zero-order valence-electron chi connectivity index (χ0n) is 35.2. The Morgan fingerprint density at radius 3 is 1.03 bits per heavy atom. The first kappa shape index (κ1) is 36.8. The van der Waals surface area contributed by atoms with Crippen LogP contribution in [0.3, 0.4) is 0 Å². The number of hydrogen-bond acceptors (Lipinski definition) is 1. The molecule has 0 atom stereocenters. The Labute approximate surface area is 360 Å². The minimum Gasteiger partial charge on any atom is -0.310 e. The molecule has 0 aliphatic heterocycles. The molecule has 0 amide bonds. The van der Waals surface area contributed by atoms with E-state index in [4.69, 9.17) is 0 Å². The smallest absolute Gasteiger partial charge is 0.0465 e. The molecule has 9 aromatic rings. The monoisotopic (exact) mass is 781 g/mol. The van der Waals surface area contributed by atoms with Gasteiger partial charge in [0.25, 0.3) is 0 Å². The molecule has 0 radical (unpaired) electrons. The lowest BCUT2D eigenvalue weighted by molar-refractivity contribution is 0.660. The first-order valence-corrected chi connectivity index (χ1v) is 21.5. The molecule has 0 aromatic heterocycles. The summed E-state index contributed by atoms with van der Waals surface area (Å²) < 4.78 is 0. The number of fused-ring (bicyclic) bond motifs is 6. The van der Waals surface area contributed by atoms with Gasteiger partial charge in [-0.05, 0) is 131 Å². The zero-order chi connectivity index (χ0) is 41.3. The van der Waals surface area contributed by atoms with Crippen molar-refractivity contribution in [1.82, 2.24) is 0 Å². The van der Waals surface area contributed by atoms with Crippen molar-refractivity contribution in [3.63, 3.8) is 0 Å². The number of nitrogens with zero attached hydrogens (tertiary/aromatic N) is 1. The predicted octanol–water partition coefficient (Wildman–Crippen LogP) is 16.4. The quantitative estimate of drug-likeness (QED) is 0.156. The summed E-state index contributed by atoms with van der Waals surface area (Å²) >= 11 is 0. The maximum atomic E-state index is 2.41. The van der Waals surface area contributed by atoms with Gasteiger partial charge in [0, 0.05) is 27.9 Å². The highest BCUT2D eigenvalue weighted by Gasteiger charge is 2.36. The highest BCUT2D eigenvalue weighted by molar-refractivity contribution is 5.87. The molecule has 0 saturated heterocycles. The molecule has 0 unspecified atom stereocenters. The first-order valence-electron chi connectivity index (χ1n) is 21.5. The molecule has 0 spiro atoms. The van der Waals surface area contributed by atoms with E-state index in [1.165, 1.54) is 89.0 Å². The van der Waals surface area contributed by atoms with Crippen LogP contribution in [0.15, 0.2) is 212 Å². The second-order valence-corrected chi connectivity index (χ2v) is 17.8. The van der Waals surface area contributed by atoms with Crippen LogP contribution in [-0.2, 0) is 10.8 Å². The molecule has 2 aliphatic rings. The van der Waals surface area contributed by atoms with E-state index in [0.717, 1.165) is 17.1 Å². The Bertz CT molecular complexity index is 3080. The maximum absolute atomic E-state index is 2.41. The van der Waals surface area contributed by atoms with Gasteiger partial charge < -0.3 is 4.90 Å². The summed E-state index contributed by atoms with van der Waals surface area (Å²) in [6.45, 7) is 9.41. The van der Waals surface area contributed by atoms with Crippen molar-refractivity contribution in [3.8, 4) is 66.8 Å². The molecule has 292 valence electrons. The predicted molar refractivity (Wildman–Crippen MR) is 258 cm³/mol. The summed E-state index contributed by atoms with van der Waals surface area (Å²) in [6, 6.07) is 78.4. The minimum atomic E-state index is -0.0968. The van der Waals surface area contributed by atoms with Crippen LogP contribution in [-0.4, -0.2) is 0 Å². The van der Waals surface area contributed by atoms with Crippen LogP contribution < -0.4 is 4.90 Å². The second-order valence-electron chi connectivity index (χ2n) is 17.8. The third kappa shape index (κ3) is 6.15. The minimum absolute atomic E-state index is 0.0182. The molecule has 0 heterocycles.